The van der Waals surface area contributed by atoms with E-state index in [1.807, 2.05) is 0 Å². The minimum atomic E-state index is 0.0114. The van der Waals surface area contributed by atoms with Crippen molar-refractivity contribution in [2.24, 2.45) is 5.92 Å². The van der Waals surface area contributed by atoms with E-state index >= 15 is 0 Å². The van der Waals surface area contributed by atoms with Crippen LogP contribution in [0.1, 0.15) is 52.4 Å². The Bertz CT molecular complexity index is 406. The van der Waals surface area contributed by atoms with Crippen LogP contribution < -0.4 is 10.6 Å². The molecule has 6 nitrogen and oxygen atoms in total. The molecule has 0 aliphatic carbocycles. The fourth-order valence-corrected chi connectivity index (χ4v) is 2.94. The largest absolute Gasteiger partial charge is 0.356 e. The Morgan fingerprint density at radius 1 is 1.17 bits per heavy atom. The lowest BCUT2D eigenvalue weighted by atomic mass is 9.97. The first-order valence-electron chi connectivity index (χ1n) is 8.63. The maximum atomic E-state index is 12.1. The number of Topliss-reactive ketones (excluding diaryl/α,β-unsaturated/α-hetero) is 1. The van der Waals surface area contributed by atoms with E-state index in [1.165, 1.54) is 0 Å². The molecule has 1 aliphatic heterocycles. The highest BCUT2D eigenvalue weighted by Gasteiger charge is 2.21. The van der Waals surface area contributed by atoms with Gasteiger partial charge in [-0.25, -0.2) is 0 Å². The molecule has 1 heterocycles. The van der Waals surface area contributed by atoms with Crippen molar-refractivity contribution >= 4 is 17.6 Å². The quantitative estimate of drug-likeness (QED) is 0.622. The third kappa shape index (κ3) is 7.59. The second-order valence-corrected chi connectivity index (χ2v) is 6.48. The maximum absolute atomic E-state index is 12.1. The zero-order valence-electron chi connectivity index (χ0n) is 14.7. The number of nitrogens with zero attached hydrogens (tertiary/aromatic N) is 1. The summed E-state index contributed by atoms with van der Waals surface area (Å²) in [5.41, 5.74) is 0. The number of piperidine rings is 1. The van der Waals surface area contributed by atoms with E-state index < -0.39 is 0 Å². The highest BCUT2D eigenvalue weighted by molar-refractivity contribution is 5.78. The molecule has 1 unspecified atom stereocenters. The highest BCUT2D eigenvalue weighted by Crippen LogP contribution is 2.14. The van der Waals surface area contributed by atoms with E-state index in [1.54, 1.807) is 25.8 Å². The average Bonchev–Trinajstić information content (AvgIpc) is 2.53. The van der Waals surface area contributed by atoms with Gasteiger partial charge in [0.05, 0.1) is 0 Å². The van der Waals surface area contributed by atoms with Crippen LogP contribution in [0.4, 0.5) is 0 Å². The summed E-state index contributed by atoms with van der Waals surface area (Å²) in [5.74, 6) is 0.430. The van der Waals surface area contributed by atoms with Crippen LogP contribution >= 0.6 is 0 Å². The normalized spacial score (nSPS) is 16.7. The Morgan fingerprint density at radius 2 is 1.83 bits per heavy atom. The molecule has 0 aromatic carbocycles. The number of nitrogens with one attached hydrogen (secondary N) is 2. The van der Waals surface area contributed by atoms with Crippen LogP contribution in [0.5, 0.6) is 0 Å². The minimum absolute atomic E-state index is 0.0114. The molecule has 1 fully saturated rings. The van der Waals surface area contributed by atoms with Gasteiger partial charge in [-0.1, -0.05) is 0 Å². The summed E-state index contributed by atoms with van der Waals surface area (Å²) in [6.07, 6.45) is 4.60. The van der Waals surface area contributed by atoms with Crippen LogP contribution in [0.15, 0.2) is 0 Å². The van der Waals surface area contributed by atoms with E-state index in [0.29, 0.717) is 19.4 Å². The predicted octanol–water partition coefficient (Wildman–Crippen LogP) is 1.10. The molecule has 0 bridgehead atoms. The lowest BCUT2D eigenvalue weighted by molar-refractivity contribution is -0.130. The Balaban J connectivity index is 2.31. The Morgan fingerprint density at radius 3 is 2.39 bits per heavy atom. The van der Waals surface area contributed by atoms with Crippen molar-refractivity contribution in [1.29, 1.82) is 0 Å². The minimum Gasteiger partial charge on any atom is -0.356 e. The molecular formula is C17H31N3O3. The van der Waals surface area contributed by atoms with Gasteiger partial charge in [-0.15, -0.1) is 0 Å². The van der Waals surface area contributed by atoms with Crippen molar-refractivity contribution in [3.8, 4) is 0 Å². The van der Waals surface area contributed by atoms with E-state index in [2.05, 4.69) is 10.6 Å². The summed E-state index contributed by atoms with van der Waals surface area (Å²) in [7, 11) is 1.78. The van der Waals surface area contributed by atoms with Gasteiger partial charge in [-0.2, -0.15) is 0 Å². The molecule has 1 saturated heterocycles. The van der Waals surface area contributed by atoms with Gasteiger partial charge in [0.15, 0.2) is 0 Å². The van der Waals surface area contributed by atoms with Crippen LogP contribution in [0.25, 0.3) is 0 Å². The van der Waals surface area contributed by atoms with Gasteiger partial charge in [0, 0.05) is 38.9 Å². The zero-order valence-corrected chi connectivity index (χ0v) is 14.7. The molecule has 1 aliphatic rings. The van der Waals surface area contributed by atoms with Gasteiger partial charge in [0.1, 0.15) is 5.78 Å². The van der Waals surface area contributed by atoms with E-state index in [-0.39, 0.29) is 29.6 Å². The molecule has 0 aromatic heterocycles. The fourth-order valence-electron chi connectivity index (χ4n) is 2.94. The standard InChI is InChI=1S/C17H31N3O3/c1-13(21)6-7-16(20(3)14(2)22)5-4-10-19-17(23)15-8-11-18-12-9-15/h15-16,18H,4-12H2,1-3H3,(H,19,23). The number of rotatable bonds is 9. The number of amides is 2. The van der Waals surface area contributed by atoms with Gasteiger partial charge in [0.2, 0.25) is 11.8 Å². The average molecular weight is 325 g/mol. The lowest BCUT2D eigenvalue weighted by Gasteiger charge is -2.27. The number of ketones is 1. The van der Waals surface area contributed by atoms with E-state index in [9.17, 15) is 14.4 Å². The molecule has 1 rings (SSSR count). The van der Waals surface area contributed by atoms with Crippen molar-refractivity contribution in [2.45, 2.75) is 58.4 Å². The molecule has 2 N–H and O–H groups in total. The molecule has 132 valence electrons. The second-order valence-electron chi connectivity index (χ2n) is 6.48. The van der Waals surface area contributed by atoms with Gasteiger partial charge in [-0.3, -0.25) is 9.59 Å². The summed E-state index contributed by atoms with van der Waals surface area (Å²) in [6.45, 7) is 5.57. The molecule has 0 aromatic rings. The maximum Gasteiger partial charge on any atom is 0.223 e. The summed E-state index contributed by atoms with van der Waals surface area (Å²) in [6, 6.07) is 0.0622. The Hall–Kier alpha value is -1.43. The van der Waals surface area contributed by atoms with Crippen LogP contribution in [-0.2, 0) is 14.4 Å². The molecule has 0 radical (unpaired) electrons. The lowest BCUT2D eigenvalue weighted by Crippen LogP contribution is -2.39. The van der Waals surface area contributed by atoms with Gasteiger partial charge < -0.3 is 20.3 Å². The number of carbonyl (C=O) groups excluding carboxylic acids is 3. The van der Waals surface area contributed by atoms with Gasteiger partial charge >= 0.3 is 0 Å². The van der Waals surface area contributed by atoms with Gasteiger partial charge in [0.25, 0.3) is 0 Å². The third-order valence-electron chi connectivity index (χ3n) is 4.60. The molecule has 23 heavy (non-hydrogen) atoms. The number of hydrogen-bond acceptors (Lipinski definition) is 4. The number of carbonyl (C=O) groups is 3. The van der Waals surface area contributed by atoms with Crippen molar-refractivity contribution in [3.05, 3.63) is 0 Å². The fraction of sp³-hybridized carbons (Fsp3) is 0.824. The summed E-state index contributed by atoms with van der Waals surface area (Å²) in [5, 5.41) is 6.26. The monoisotopic (exact) mass is 325 g/mol. The summed E-state index contributed by atoms with van der Waals surface area (Å²) < 4.78 is 0. The van der Waals surface area contributed by atoms with Crippen LogP contribution in [-0.4, -0.2) is 55.2 Å². The van der Waals surface area contributed by atoms with Crippen LogP contribution in [0.3, 0.4) is 0 Å². The second kappa shape index (κ2) is 10.4. The van der Waals surface area contributed by atoms with Crippen LogP contribution in [0.2, 0.25) is 0 Å². The molecule has 0 saturated carbocycles. The first-order valence-corrected chi connectivity index (χ1v) is 8.63. The number of hydrogen-bond donors (Lipinski definition) is 2. The van der Waals surface area contributed by atoms with Crippen LogP contribution in [0, 0.1) is 5.92 Å². The smallest absolute Gasteiger partial charge is 0.223 e. The predicted molar refractivity (Wildman–Crippen MR) is 90.0 cm³/mol. The van der Waals surface area contributed by atoms with E-state index in [0.717, 1.165) is 38.8 Å². The first-order chi connectivity index (χ1) is 10.9. The molecule has 1 atom stereocenters. The third-order valence-corrected chi connectivity index (χ3v) is 4.60. The van der Waals surface area contributed by atoms with Crippen molar-refractivity contribution in [2.75, 3.05) is 26.7 Å². The Labute approximate surface area is 139 Å². The van der Waals surface area contributed by atoms with Crippen molar-refractivity contribution in [1.82, 2.24) is 15.5 Å². The topological polar surface area (TPSA) is 78.5 Å². The van der Waals surface area contributed by atoms with E-state index in [4.69, 9.17) is 0 Å². The molecular weight excluding hydrogens is 294 g/mol. The highest BCUT2D eigenvalue weighted by atomic mass is 16.2. The summed E-state index contributed by atoms with van der Waals surface area (Å²) in [4.78, 5) is 36.5. The molecule has 6 heteroatoms. The molecule has 0 spiro atoms. The van der Waals surface area contributed by atoms with Crippen molar-refractivity contribution in [3.63, 3.8) is 0 Å². The SMILES string of the molecule is CC(=O)CCC(CCCNC(=O)C1CCNCC1)N(C)C(C)=O. The Kier molecular flexibility index (Phi) is 8.84. The molecule has 2 amide bonds. The summed E-state index contributed by atoms with van der Waals surface area (Å²) >= 11 is 0. The zero-order chi connectivity index (χ0) is 17.2. The van der Waals surface area contributed by atoms with Gasteiger partial charge in [-0.05, 0) is 52.1 Å². The van der Waals surface area contributed by atoms with Crippen molar-refractivity contribution < 1.29 is 14.4 Å². The first kappa shape index (κ1) is 19.6.